The molecule has 2 aromatic carbocycles. The molecule has 1 heterocycles. The van der Waals surface area contributed by atoms with Crippen molar-refractivity contribution in [1.29, 1.82) is 0 Å². The zero-order valence-corrected chi connectivity index (χ0v) is 18.8. The van der Waals surface area contributed by atoms with Crippen LogP contribution in [0.1, 0.15) is 36.1 Å². The molecule has 3 aromatic rings. The number of nitrogens with zero attached hydrogens (tertiary/aromatic N) is 3. The number of methoxy groups -OCH3 is 1. The van der Waals surface area contributed by atoms with Crippen molar-refractivity contribution in [2.24, 2.45) is 0 Å². The van der Waals surface area contributed by atoms with E-state index in [1.165, 1.54) is 23.9 Å². The molecule has 1 aromatic heterocycles. The lowest BCUT2D eigenvalue weighted by Crippen LogP contribution is -2.15. The van der Waals surface area contributed by atoms with Crippen LogP contribution in [0, 0.1) is 0 Å². The van der Waals surface area contributed by atoms with E-state index >= 15 is 0 Å². The molecular weight excluding hydrogens is 432 g/mol. The van der Waals surface area contributed by atoms with Gasteiger partial charge in [-0.3, -0.25) is 4.79 Å². The smallest absolute Gasteiger partial charge is 0.335 e. The molecule has 0 aliphatic heterocycles. The van der Waals surface area contributed by atoms with Gasteiger partial charge in [-0.05, 0) is 56.3 Å². The lowest BCUT2D eigenvalue weighted by Gasteiger charge is -2.15. The quantitative estimate of drug-likeness (QED) is 0.442. The summed E-state index contributed by atoms with van der Waals surface area (Å²) in [5.41, 5.74) is 0.534. The molecule has 2 N–H and O–H groups in total. The Bertz CT molecular complexity index is 1080. The number of benzene rings is 2. The van der Waals surface area contributed by atoms with Crippen LogP contribution in [0.25, 0.3) is 0 Å². The molecule has 0 saturated carbocycles. The van der Waals surface area contributed by atoms with Gasteiger partial charge in [0.25, 0.3) is 0 Å². The normalized spacial score (nSPS) is 11.6. The summed E-state index contributed by atoms with van der Waals surface area (Å²) < 4.78 is 13.0. The van der Waals surface area contributed by atoms with E-state index in [4.69, 9.17) is 14.6 Å². The molecule has 1 unspecified atom stereocenters. The molecule has 168 valence electrons. The number of carbonyl (C=O) groups is 2. The second-order valence-corrected chi connectivity index (χ2v) is 7.69. The minimum absolute atomic E-state index is 0.100. The molecule has 1 amide bonds. The third kappa shape index (κ3) is 5.79. The fourth-order valence-electron chi connectivity index (χ4n) is 2.97. The van der Waals surface area contributed by atoms with Crippen molar-refractivity contribution < 1.29 is 24.2 Å². The van der Waals surface area contributed by atoms with Crippen LogP contribution in [0.2, 0.25) is 0 Å². The molecule has 0 bridgehead atoms. The summed E-state index contributed by atoms with van der Waals surface area (Å²) >= 11 is 1.25. The number of hydrogen-bond donors (Lipinski definition) is 2. The summed E-state index contributed by atoms with van der Waals surface area (Å²) in [4.78, 5) is 23.4. The van der Waals surface area contributed by atoms with Gasteiger partial charge in [0.15, 0.2) is 17.1 Å². The maximum atomic E-state index is 12.3. The van der Waals surface area contributed by atoms with Gasteiger partial charge in [0.2, 0.25) is 5.91 Å². The van der Waals surface area contributed by atoms with Gasteiger partial charge in [0.05, 0.1) is 18.4 Å². The monoisotopic (exact) mass is 456 g/mol. The Morgan fingerprint density at radius 2 is 1.88 bits per heavy atom. The van der Waals surface area contributed by atoms with Crippen molar-refractivity contribution in [3.05, 3.63) is 59.9 Å². The van der Waals surface area contributed by atoms with Gasteiger partial charge >= 0.3 is 5.97 Å². The molecule has 3 rings (SSSR count). The lowest BCUT2D eigenvalue weighted by atomic mass is 10.2. The molecule has 1 atom stereocenters. The third-order valence-electron chi connectivity index (χ3n) is 4.52. The second-order valence-electron chi connectivity index (χ2n) is 6.74. The SMILES string of the molecule is CCn1c(SCC(=O)Nc2cccc(C(=O)O)c2)nnc1C(C)Oc1ccc(OC)cc1. The number of aromatic nitrogens is 3. The third-order valence-corrected chi connectivity index (χ3v) is 5.49. The van der Waals surface area contributed by atoms with E-state index in [9.17, 15) is 9.59 Å². The Labute approximate surface area is 189 Å². The van der Waals surface area contributed by atoms with Crippen molar-refractivity contribution in [2.45, 2.75) is 31.7 Å². The maximum Gasteiger partial charge on any atom is 0.335 e. The summed E-state index contributed by atoms with van der Waals surface area (Å²) in [6.45, 7) is 4.47. The fraction of sp³-hybridized carbons (Fsp3) is 0.273. The molecule has 0 aliphatic rings. The number of amides is 1. The molecule has 0 aliphatic carbocycles. The summed E-state index contributed by atoms with van der Waals surface area (Å²) in [6.07, 6.45) is -0.349. The highest BCUT2D eigenvalue weighted by molar-refractivity contribution is 7.99. The highest BCUT2D eigenvalue weighted by Crippen LogP contribution is 2.26. The number of carbonyl (C=O) groups excluding carboxylic acids is 1. The number of carboxylic acids is 1. The van der Waals surface area contributed by atoms with Gasteiger partial charge < -0.3 is 24.5 Å². The highest BCUT2D eigenvalue weighted by Gasteiger charge is 2.19. The summed E-state index contributed by atoms with van der Waals surface area (Å²) in [5.74, 6) is 0.857. The number of hydrogen-bond acceptors (Lipinski definition) is 7. The van der Waals surface area contributed by atoms with E-state index in [2.05, 4.69) is 15.5 Å². The van der Waals surface area contributed by atoms with Crippen LogP contribution in [0.4, 0.5) is 5.69 Å². The zero-order chi connectivity index (χ0) is 23.1. The average molecular weight is 457 g/mol. The highest BCUT2D eigenvalue weighted by atomic mass is 32.2. The minimum Gasteiger partial charge on any atom is -0.497 e. The average Bonchev–Trinajstić information content (AvgIpc) is 3.21. The predicted octanol–water partition coefficient (Wildman–Crippen LogP) is 3.88. The number of ether oxygens (including phenoxy) is 2. The molecule has 0 saturated heterocycles. The zero-order valence-electron chi connectivity index (χ0n) is 17.9. The fourth-order valence-corrected chi connectivity index (χ4v) is 3.78. The van der Waals surface area contributed by atoms with Gasteiger partial charge in [0.1, 0.15) is 11.5 Å². The number of aromatic carboxylic acids is 1. The van der Waals surface area contributed by atoms with Gasteiger partial charge in [-0.1, -0.05) is 17.8 Å². The Morgan fingerprint density at radius 3 is 2.53 bits per heavy atom. The lowest BCUT2D eigenvalue weighted by molar-refractivity contribution is -0.113. The van der Waals surface area contributed by atoms with E-state index in [1.54, 1.807) is 19.2 Å². The van der Waals surface area contributed by atoms with Crippen molar-refractivity contribution in [3.8, 4) is 11.5 Å². The predicted molar refractivity (Wildman–Crippen MR) is 120 cm³/mol. The van der Waals surface area contributed by atoms with Crippen LogP contribution in [-0.4, -0.2) is 44.6 Å². The second kappa shape index (κ2) is 10.7. The number of thioether (sulfide) groups is 1. The molecule has 32 heavy (non-hydrogen) atoms. The van der Waals surface area contributed by atoms with Gasteiger partial charge in [-0.2, -0.15) is 0 Å². The minimum atomic E-state index is -1.05. The van der Waals surface area contributed by atoms with Crippen LogP contribution < -0.4 is 14.8 Å². The van der Waals surface area contributed by atoms with Crippen LogP contribution in [-0.2, 0) is 11.3 Å². The molecule has 9 nitrogen and oxygen atoms in total. The van der Waals surface area contributed by atoms with Gasteiger partial charge in [-0.15, -0.1) is 10.2 Å². The van der Waals surface area contributed by atoms with Crippen molar-refractivity contribution >= 4 is 29.3 Å². The maximum absolute atomic E-state index is 12.3. The van der Waals surface area contributed by atoms with E-state index in [1.807, 2.05) is 42.7 Å². The summed E-state index contributed by atoms with van der Waals surface area (Å²) in [6, 6.07) is 13.4. The van der Waals surface area contributed by atoms with Crippen molar-refractivity contribution in [3.63, 3.8) is 0 Å². The first-order chi connectivity index (χ1) is 15.4. The van der Waals surface area contributed by atoms with E-state index in [0.29, 0.717) is 29.0 Å². The first kappa shape index (κ1) is 23.1. The van der Waals surface area contributed by atoms with E-state index in [-0.39, 0.29) is 23.3 Å². The summed E-state index contributed by atoms with van der Waals surface area (Å²) in [5, 5.41) is 20.8. The Hall–Kier alpha value is -3.53. The Kier molecular flexibility index (Phi) is 7.72. The first-order valence-corrected chi connectivity index (χ1v) is 10.9. The topological polar surface area (TPSA) is 116 Å². The standard InChI is InChI=1S/C22H24N4O5S/c1-4-26-20(14(2)31-18-10-8-17(30-3)9-11-18)24-25-22(26)32-13-19(27)23-16-7-5-6-15(12-16)21(28)29/h5-12,14H,4,13H2,1-3H3,(H,23,27)(H,28,29). The Morgan fingerprint density at radius 1 is 1.16 bits per heavy atom. The van der Waals surface area contributed by atoms with E-state index in [0.717, 1.165) is 5.75 Å². The van der Waals surface area contributed by atoms with Gasteiger partial charge in [-0.25, -0.2) is 4.79 Å². The molecule has 0 radical (unpaired) electrons. The number of carboxylic acid groups (broad SMARTS) is 1. The van der Waals surface area contributed by atoms with Crippen LogP contribution in [0.3, 0.4) is 0 Å². The van der Waals surface area contributed by atoms with Crippen LogP contribution in [0.5, 0.6) is 11.5 Å². The first-order valence-electron chi connectivity index (χ1n) is 9.91. The number of anilines is 1. The van der Waals surface area contributed by atoms with Crippen LogP contribution in [0.15, 0.2) is 53.7 Å². The molecule has 0 fully saturated rings. The molecule has 0 spiro atoms. The molecular formula is C22H24N4O5S. The van der Waals surface area contributed by atoms with Crippen molar-refractivity contribution in [1.82, 2.24) is 14.8 Å². The summed E-state index contributed by atoms with van der Waals surface area (Å²) in [7, 11) is 1.61. The molecule has 10 heteroatoms. The van der Waals surface area contributed by atoms with Gasteiger partial charge in [0, 0.05) is 12.2 Å². The number of nitrogens with one attached hydrogen (secondary N) is 1. The van der Waals surface area contributed by atoms with Crippen molar-refractivity contribution in [2.75, 3.05) is 18.2 Å². The largest absolute Gasteiger partial charge is 0.497 e. The Balaban J connectivity index is 1.62. The van der Waals surface area contributed by atoms with E-state index < -0.39 is 5.97 Å². The number of rotatable bonds is 10. The van der Waals surface area contributed by atoms with Crippen LogP contribution >= 0.6 is 11.8 Å².